The van der Waals surface area contributed by atoms with E-state index in [-0.39, 0.29) is 12.9 Å². The summed E-state index contributed by atoms with van der Waals surface area (Å²) in [7, 11) is 0. The van der Waals surface area contributed by atoms with Gasteiger partial charge in [0.15, 0.2) is 6.29 Å². The summed E-state index contributed by atoms with van der Waals surface area (Å²) in [5.41, 5.74) is -2.84. The molecule has 0 saturated carbocycles. The van der Waals surface area contributed by atoms with Crippen molar-refractivity contribution in [2.75, 3.05) is 6.61 Å². The third-order valence-corrected chi connectivity index (χ3v) is 1.47. The fourth-order valence-corrected chi connectivity index (χ4v) is 0.676. The molecule has 0 radical (unpaired) electrons. The Morgan fingerprint density at radius 1 is 1.46 bits per heavy atom. The molecule has 5 heteroatoms. The fourth-order valence-electron chi connectivity index (χ4n) is 0.676. The van der Waals surface area contributed by atoms with Crippen LogP contribution in [0.1, 0.15) is 13.3 Å². The van der Waals surface area contributed by atoms with E-state index in [1.807, 2.05) is 0 Å². The maximum absolute atomic E-state index is 12.3. The number of carbonyl (C=O) groups excluding carboxylic acids is 1. The summed E-state index contributed by atoms with van der Waals surface area (Å²) in [6, 6.07) is 0. The minimum absolute atomic E-state index is 0.135. The molecule has 0 rings (SSSR count). The third kappa shape index (κ3) is 2.55. The largest absolute Gasteiger partial charge is 0.428 e. The van der Waals surface area contributed by atoms with E-state index < -0.39 is 11.8 Å². The van der Waals surface area contributed by atoms with Gasteiger partial charge < -0.3 is 4.74 Å². The maximum Gasteiger partial charge on any atom is 0.428 e. The monoisotopic (exact) mass is 196 g/mol. The number of alkyl halides is 3. The molecule has 0 amide bonds. The van der Waals surface area contributed by atoms with Crippen LogP contribution in [0.2, 0.25) is 0 Å². The lowest BCUT2D eigenvalue weighted by Gasteiger charge is -2.26. The Balaban J connectivity index is 4.70. The Morgan fingerprint density at radius 3 is 2.23 bits per heavy atom. The summed E-state index contributed by atoms with van der Waals surface area (Å²) in [5.74, 6) is 0. The minimum Gasteiger partial charge on any atom is -0.355 e. The lowest BCUT2D eigenvalue weighted by molar-refractivity contribution is -0.242. The third-order valence-electron chi connectivity index (χ3n) is 1.47. The number of hydrogen-bond donors (Lipinski definition) is 0. The Hall–Kier alpha value is -0.840. The van der Waals surface area contributed by atoms with Crippen LogP contribution in [-0.4, -0.2) is 24.7 Å². The van der Waals surface area contributed by atoms with Crippen LogP contribution in [-0.2, 0) is 9.53 Å². The molecule has 13 heavy (non-hydrogen) atoms. The van der Waals surface area contributed by atoms with Crippen LogP contribution in [0.5, 0.6) is 0 Å². The molecule has 0 fully saturated rings. The zero-order valence-corrected chi connectivity index (χ0v) is 7.23. The van der Waals surface area contributed by atoms with Gasteiger partial charge in [-0.25, -0.2) is 0 Å². The van der Waals surface area contributed by atoms with E-state index in [9.17, 15) is 18.0 Å². The smallest absolute Gasteiger partial charge is 0.355 e. The Morgan fingerprint density at radius 2 is 2.00 bits per heavy atom. The predicted molar refractivity (Wildman–Crippen MR) is 41.3 cm³/mol. The van der Waals surface area contributed by atoms with Gasteiger partial charge in [0.1, 0.15) is 0 Å². The Labute approximate surface area is 74.4 Å². The SMILES string of the molecule is C=CC(C=O)(OCCC)C(F)(F)F. The van der Waals surface area contributed by atoms with Crippen molar-refractivity contribution in [1.29, 1.82) is 0 Å². The number of carbonyl (C=O) groups is 1. The molecule has 0 aliphatic rings. The molecule has 2 nitrogen and oxygen atoms in total. The van der Waals surface area contributed by atoms with Crippen molar-refractivity contribution in [3.05, 3.63) is 12.7 Å². The molecule has 1 unspecified atom stereocenters. The molecule has 76 valence electrons. The molecule has 0 aromatic heterocycles. The van der Waals surface area contributed by atoms with Crippen molar-refractivity contribution in [3.63, 3.8) is 0 Å². The van der Waals surface area contributed by atoms with Crippen molar-refractivity contribution in [2.24, 2.45) is 0 Å². The van der Waals surface area contributed by atoms with E-state index in [1.165, 1.54) is 0 Å². The van der Waals surface area contributed by atoms with Gasteiger partial charge in [-0.2, -0.15) is 13.2 Å². The van der Waals surface area contributed by atoms with Crippen molar-refractivity contribution in [1.82, 2.24) is 0 Å². The average Bonchev–Trinajstić information content (AvgIpc) is 2.05. The predicted octanol–water partition coefficient (Wildman–Crippen LogP) is 2.10. The van der Waals surface area contributed by atoms with Crippen molar-refractivity contribution < 1.29 is 22.7 Å². The topological polar surface area (TPSA) is 26.3 Å². The van der Waals surface area contributed by atoms with Crippen LogP contribution in [0.4, 0.5) is 13.2 Å². The first kappa shape index (κ1) is 12.2. The van der Waals surface area contributed by atoms with Crippen molar-refractivity contribution >= 4 is 6.29 Å². The molecule has 0 saturated heterocycles. The van der Waals surface area contributed by atoms with E-state index in [0.717, 1.165) is 0 Å². The zero-order valence-electron chi connectivity index (χ0n) is 7.23. The maximum atomic E-state index is 12.3. The second-order valence-electron chi connectivity index (χ2n) is 2.46. The molecule has 0 spiro atoms. The zero-order chi connectivity index (χ0) is 10.5. The van der Waals surface area contributed by atoms with Crippen LogP contribution >= 0.6 is 0 Å². The number of ether oxygens (including phenoxy) is 1. The second-order valence-corrected chi connectivity index (χ2v) is 2.46. The first-order chi connectivity index (χ1) is 5.93. The normalized spacial score (nSPS) is 16.3. The van der Waals surface area contributed by atoms with Crippen LogP contribution < -0.4 is 0 Å². The molecule has 0 bridgehead atoms. The molecular weight excluding hydrogens is 185 g/mol. The van der Waals surface area contributed by atoms with Gasteiger partial charge >= 0.3 is 6.18 Å². The quantitative estimate of drug-likeness (QED) is 0.497. The van der Waals surface area contributed by atoms with Crippen LogP contribution in [0.3, 0.4) is 0 Å². The highest BCUT2D eigenvalue weighted by atomic mass is 19.4. The number of aldehydes is 1. The summed E-state index contributed by atoms with van der Waals surface area (Å²) < 4.78 is 41.2. The number of hydrogen-bond acceptors (Lipinski definition) is 2. The molecule has 1 atom stereocenters. The Bertz CT molecular complexity index is 178. The van der Waals surface area contributed by atoms with Gasteiger partial charge in [0.25, 0.3) is 0 Å². The van der Waals surface area contributed by atoms with Gasteiger partial charge in [-0.1, -0.05) is 13.5 Å². The molecule has 0 aromatic rings. The van der Waals surface area contributed by atoms with Gasteiger partial charge in [-0.05, 0) is 12.5 Å². The number of rotatable bonds is 5. The Kier molecular flexibility index (Phi) is 4.13. The second kappa shape index (κ2) is 4.41. The molecule has 0 aliphatic heterocycles. The van der Waals surface area contributed by atoms with Crippen molar-refractivity contribution in [2.45, 2.75) is 25.1 Å². The van der Waals surface area contributed by atoms with Crippen LogP contribution in [0.15, 0.2) is 12.7 Å². The first-order valence-electron chi connectivity index (χ1n) is 3.74. The van der Waals surface area contributed by atoms with Gasteiger partial charge in [0.05, 0.1) is 0 Å². The summed E-state index contributed by atoms with van der Waals surface area (Å²) in [6.45, 7) is 4.46. The number of halogens is 3. The fraction of sp³-hybridized carbons (Fsp3) is 0.625. The lowest BCUT2D eigenvalue weighted by atomic mass is 10.1. The van der Waals surface area contributed by atoms with Crippen molar-refractivity contribution in [3.8, 4) is 0 Å². The van der Waals surface area contributed by atoms with E-state index in [4.69, 9.17) is 0 Å². The molecule has 0 heterocycles. The highest BCUT2D eigenvalue weighted by Gasteiger charge is 2.54. The summed E-state index contributed by atoms with van der Waals surface area (Å²) in [5, 5.41) is 0. The van der Waals surface area contributed by atoms with Gasteiger partial charge in [-0.15, -0.1) is 0 Å². The van der Waals surface area contributed by atoms with Gasteiger partial charge in [-0.3, -0.25) is 4.79 Å². The lowest BCUT2D eigenvalue weighted by Crippen LogP contribution is -2.47. The summed E-state index contributed by atoms with van der Waals surface area (Å²) in [6.07, 6.45) is -4.16. The molecular formula is C8H11F3O2. The highest BCUT2D eigenvalue weighted by molar-refractivity contribution is 5.67. The molecule has 0 aliphatic carbocycles. The van der Waals surface area contributed by atoms with Crippen LogP contribution in [0, 0.1) is 0 Å². The van der Waals surface area contributed by atoms with E-state index in [0.29, 0.717) is 12.5 Å². The van der Waals surface area contributed by atoms with Gasteiger partial charge in [0.2, 0.25) is 5.60 Å². The van der Waals surface area contributed by atoms with E-state index in [2.05, 4.69) is 11.3 Å². The molecule has 0 aromatic carbocycles. The van der Waals surface area contributed by atoms with E-state index >= 15 is 0 Å². The summed E-state index contributed by atoms with van der Waals surface area (Å²) in [4.78, 5) is 10.3. The molecule has 0 N–H and O–H groups in total. The van der Waals surface area contributed by atoms with Gasteiger partial charge in [0, 0.05) is 6.61 Å². The van der Waals surface area contributed by atoms with Crippen LogP contribution in [0.25, 0.3) is 0 Å². The van der Waals surface area contributed by atoms with E-state index in [1.54, 1.807) is 6.92 Å². The average molecular weight is 196 g/mol. The highest BCUT2D eigenvalue weighted by Crippen LogP contribution is 2.33. The minimum atomic E-state index is -4.74. The standard InChI is InChI=1S/C8H11F3O2/c1-3-5-13-7(4-2,6-12)8(9,10)11/h4,6H,2-3,5H2,1H3. The summed E-state index contributed by atoms with van der Waals surface area (Å²) >= 11 is 0. The first-order valence-corrected chi connectivity index (χ1v) is 3.74.